The highest BCUT2D eigenvalue weighted by atomic mass is 32.2. The molecule has 6 nitrogen and oxygen atoms in total. The zero-order valence-electron chi connectivity index (χ0n) is 16.5. The van der Waals surface area contributed by atoms with Gasteiger partial charge in [0.05, 0.1) is 17.7 Å². The number of hydrogen-bond donors (Lipinski definition) is 1. The molecule has 0 amide bonds. The largest absolute Gasteiger partial charge is 0.497 e. The van der Waals surface area contributed by atoms with E-state index in [1.165, 1.54) is 0 Å². The molecule has 0 saturated carbocycles. The number of aryl methyl sites for hydroxylation is 1. The molecule has 30 heavy (non-hydrogen) atoms. The van der Waals surface area contributed by atoms with Crippen molar-refractivity contribution in [3.05, 3.63) is 90.0 Å². The summed E-state index contributed by atoms with van der Waals surface area (Å²) in [5.74, 6) is 0.599. The molecule has 1 aromatic heterocycles. The fourth-order valence-electron chi connectivity index (χ4n) is 2.95. The van der Waals surface area contributed by atoms with Crippen molar-refractivity contribution in [2.75, 3.05) is 12.5 Å². The lowest BCUT2D eigenvalue weighted by atomic mass is 10.2. The third-order valence-corrected chi connectivity index (χ3v) is 6.37. The van der Waals surface area contributed by atoms with Gasteiger partial charge in [0.1, 0.15) is 16.2 Å². The molecule has 152 valence electrons. The first-order chi connectivity index (χ1) is 14.5. The second-order valence-corrected chi connectivity index (χ2v) is 8.64. The summed E-state index contributed by atoms with van der Waals surface area (Å²) in [5, 5.41) is 4.88. The lowest BCUT2D eigenvalue weighted by Crippen LogP contribution is -2.17. The molecule has 0 fully saturated rings. The fourth-order valence-corrected chi connectivity index (χ4v) is 4.30. The Kier molecular flexibility index (Phi) is 5.29. The average molecular weight is 420 g/mol. The summed E-state index contributed by atoms with van der Waals surface area (Å²) >= 11 is 0. The summed E-state index contributed by atoms with van der Waals surface area (Å²) < 4.78 is 37.9. The third kappa shape index (κ3) is 3.92. The molecule has 0 radical (unpaired) electrons. The average Bonchev–Trinajstić information content (AvgIpc) is 2.77. The number of para-hydroxylation sites is 1. The molecular weight excluding hydrogens is 400 g/mol. The Balaban J connectivity index is 1.93. The summed E-state index contributed by atoms with van der Waals surface area (Å²) in [6.07, 6.45) is 0. The second-order valence-electron chi connectivity index (χ2n) is 6.73. The number of nitrogens with zero attached hydrogens (tertiary/aromatic N) is 1. The second kappa shape index (κ2) is 8.04. The summed E-state index contributed by atoms with van der Waals surface area (Å²) in [6, 6.07) is 22.7. The topological polar surface area (TPSA) is 80.9 Å². The monoisotopic (exact) mass is 420 g/mol. The van der Waals surface area contributed by atoms with Gasteiger partial charge in [-0.05, 0) is 49.4 Å². The summed E-state index contributed by atoms with van der Waals surface area (Å²) in [7, 11) is -2.30. The zero-order chi connectivity index (χ0) is 21.1. The first-order valence-corrected chi connectivity index (χ1v) is 10.7. The zero-order valence-corrected chi connectivity index (χ0v) is 17.3. The van der Waals surface area contributed by atoms with Crippen LogP contribution in [-0.2, 0) is 9.84 Å². The number of hydrogen-bond acceptors (Lipinski definition) is 6. The molecule has 0 aliphatic rings. The van der Waals surface area contributed by atoms with E-state index >= 15 is 0 Å². The molecule has 0 aliphatic carbocycles. The number of fused-ring (bicyclic) bond motifs is 1. The Morgan fingerprint density at radius 3 is 2.37 bits per heavy atom. The van der Waals surface area contributed by atoms with E-state index in [0.717, 1.165) is 5.56 Å². The lowest BCUT2D eigenvalue weighted by molar-refractivity contribution is 0.413. The van der Waals surface area contributed by atoms with Gasteiger partial charge >= 0.3 is 0 Å². The van der Waals surface area contributed by atoms with Crippen LogP contribution in [0.3, 0.4) is 0 Å². The van der Waals surface area contributed by atoms with Gasteiger partial charge in [-0.25, -0.2) is 8.42 Å². The van der Waals surface area contributed by atoms with Gasteiger partial charge in [0.15, 0.2) is 0 Å². The van der Waals surface area contributed by atoms with Crippen LogP contribution in [0.15, 0.2) is 98.2 Å². The van der Waals surface area contributed by atoms with Gasteiger partial charge in [-0.3, -0.25) is 5.43 Å². The highest BCUT2D eigenvalue weighted by Crippen LogP contribution is 2.25. The SMILES string of the molecule is COc1ccc2cc(S(=O)(=O)c3ccc(C)cc3)/c(=N/Nc3ccccc3)oc2c1. The number of methoxy groups -OCH3 is 1. The lowest BCUT2D eigenvalue weighted by Gasteiger charge is -2.08. The predicted octanol–water partition coefficient (Wildman–Crippen LogP) is 4.51. The Hall–Kier alpha value is -3.58. The van der Waals surface area contributed by atoms with E-state index in [1.54, 1.807) is 55.6 Å². The van der Waals surface area contributed by atoms with E-state index in [9.17, 15) is 8.42 Å². The third-order valence-electron chi connectivity index (χ3n) is 4.61. The minimum atomic E-state index is -3.86. The number of nitrogens with one attached hydrogen (secondary N) is 1. The van der Waals surface area contributed by atoms with Crippen LogP contribution < -0.4 is 15.7 Å². The Labute approximate surface area is 174 Å². The summed E-state index contributed by atoms with van der Waals surface area (Å²) in [4.78, 5) is 0.153. The van der Waals surface area contributed by atoms with E-state index in [1.807, 2.05) is 37.3 Å². The van der Waals surface area contributed by atoms with E-state index in [-0.39, 0.29) is 15.3 Å². The van der Waals surface area contributed by atoms with Crippen LogP contribution in [0, 0.1) is 6.92 Å². The van der Waals surface area contributed by atoms with Crippen molar-refractivity contribution in [2.45, 2.75) is 16.7 Å². The van der Waals surface area contributed by atoms with Crippen molar-refractivity contribution in [3.63, 3.8) is 0 Å². The van der Waals surface area contributed by atoms with E-state index in [0.29, 0.717) is 22.4 Å². The van der Waals surface area contributed by atoms with E-state index in [4.69, 9.17) is 9.15 Å². The molecule has 1 heterocycles. The van der Waals surface area contributed by atoms with Crippen molar-refractivity contribution in [1.82, 2.24) is 0 Å². The van der Waals surface area contributed by atoms with Gasteiger partial charge in [0.2, 0.25) is 9.84 Å². The number of ether oxygens (including phenoxy) is 1. The van der Waals surface area contributed by atoms with Crippen LogP contribution >= 0.6 is 0 Å². The van der Waals surface area contributed by atoms with Crippen LogP contribution in [-0.4, -0.2) is 15.5 Å². The van der Waals surface area contributed by atoms with Crippen molar-refractivity contribution in [3.8, 4) is 5.75 Å². The highest BCUT2D eigenvalue weighted by Gasteiger charge is 2.22. The number of rotatable bonds is 5. The minimum Gasteiger partial charge on any atom is -0.497 e. The summed E-state index contributed by atoms with van der Waals surface area (Å²) in [6.45, 7) is 1.90. The summed E-state index contributed by atoms with van der Waals surface area (Å²) in [5.41, 5.74) is 4.96. The maximum atomic E-state index is 13.4. The normalized spacial score (nSPS) is 12.1. The van der Waals surface area contributed by atoms with Gasteiger partial charge < -0.3 is 9.15 Å². The van der Waals surface area contributed by atoms with Crippen LogP contribution in [0.25, 0.3) is 11.0 Å². The van der Waals surface area contributed by atoms with E-state index < -0.39 is 9.84 Å². The number of benzene rings is 3. The van der Waals surface area contributed by atoms with Crippen LogP contribution in [0.4, 0.5) is 5.69 Å². The molecule has 4 aromatic rings. The molecule has 0 bridgehead atoms. The van der Waals surface area contributed by atoms with Gasteiger partial charge in [0.25, 0.3) is 5.55 Å². The molecule has 0 unspecified atom stereocenters. The minimum absolute atomic E-state index is 0.0209. The van der Waals surface area contributed by atoms with Crippen molar-refractivity contribution in [2.24, 2.45) is 5.10 Å². The van der Waals surface area contributed by atoms with Gasteiger partial charge in [-0.2, -0.15) is 0 Å². The maximum absolute atomic E-state index is 13.4. The molecule has 4 rings (SSSR count). The molecule has 3 aromatic carbocycles. The quantitative estimate of drug-likeness (QED) is 0.481. The van der Waals surface area contributed by atoms with Gasteiger partial charge in [-0.15, -0.1) is 5.10 Å². The van der Waals surface area contributed by atoms with Crippen LogP contribution in [0.5, 0.6) is 5.75 Å². The molecule has 1 N–H and O–H groups in total. The molecule has 0 aliphatic heterocycles. The van der Waals surface area contributed by atoms with Crippen LogP contribution in [0.1, 0.15) is 5.56 Å². The van der Waals surface area contributed by atoms with Crippen molar-refractivity contribution >= 4 is 26.5 Å². The molecular formula is C23H20N2O4S. The van der Waals surface area contributed by atoms with Gasteiger partial charge in [-0.1, -0.05) is 35.9 Å². The smallest absolute Gasteiger partial charge is 0.255 e. The molecule has 0 atom stereocenters. The Morgan fingerprint density at radius 1 is 0.933 bits per heavy atom. The predicted molar refractivity (Wildman–Crippen MR) is 115 cm³/mol. The van der Waals surface area contributed by atoms with Gasteiger partial charge in [0, 0.05) is 11.5 Å². The van der Waals surface area contributed by atoms with Crippen LogP contribution in [0.2, 0.25) is 0 Å². The Bertz CT molecular complexity index is 1360. The molecule has 7 heteroatoms. The number of anilines is 1. The van der Waals surface area contributed by atoms with Crippen molar-refractivity contribution in [1.29, 1.82) is 0 Å². The van der Waals surface area contributed by atoms with Crippen molar-refractivity contribution < 1.29 is 17.6 Å². The highest BCUT2D eigenvalue weighted by molar-refractivity contribution is 7.91. The van der Waals surface area contributed by atoms with E-state index in [2.05, 4.69) is 10.5 Å². The number of sulfone groups is 1. The first-order valence-electron chi connectivity index (χ1n) is 9.26. The Morgan fingerprint density at radius 2 is 1.67 bits per heavy atom. The fraction of sp³-hybridized carbons (Fsp3) is 0.0870. The first kappa shape index (κ1) is 19.7. The standard InChI is InChI=1S/C23H20N2O4S/c1-16-8-12-20(13-9-16)30(26,27)22-14-17-10-11-19(28-2)15-21(17)29-23(22)25-24-18-6-4-3-5-7-18/h3-15,24H,1-2H3/b25-23-. The molecule has 0 saturated heterocycles. The molecule has 0 spiro atoms. The maximum Gasteiger partial charge on any atom is 0.255 e.